The van der Waals surface area contributed by atoms with Gasteiger partial charge in [-0.25, -0.2) is 4.79 Å². The van der Waals surface area contributed by atoms with Crippen LogP contribution in [0.25, 0.3) is 11.0 Å². The zero-order chi connectivity index (χ0) is 11.0. The molecule has 0 unspecified atom stereocenters. The van der Waals surface area contributed by atoms with E-state index < -0.39 is 5.63 Å². The Balaban J connectivity index is 2.90. The van der Waals surface area contributed by atoms with Gasteiger partial charge in [0.1, 0.15) is 11.3 Å². The fourth-order valence-electron chi connectivity index (χ4n) is 1.35. The molecule has 0 aliphatic heterocycles. The van der Waals surface area contributed by atoms with E-state index in [1.807, 2.05) is 0 Å². The lowest BCUT2D eigenvalue weighted by atomic mass is 10.1. The number of halogens is 2. The second-order valence-electron chi connectivity index (χ2n) is 3.02. The minimum absolute atomic E-state index is 0.0253. The summed E-state index contributed by atoms with van der Waals surface area (Å²) in [6, 6.07) is 4.40. The molecule has 0 bridgehead atoms. The minimum Gasteiger partial charge on any atom is -0.507 e. The Morgan fingerprint density at radius 3 is 2.80 bits per heavy atom. The molecule has 5 heteroatoms. The van der Waals surface area contributed by atoms with Crippen LogP contribution in [0.2, 0.25) is 0 Å². The van der Waals surface area contributed by atoms with Crippen LogP contribution in [-0.4, -0.2) is 5.11 Å². The van der Waals surface area contributed by atoms with Gasteiger partial charge in [0.2, 0.25) is 0 Å². The Hall–Kier alpha value is -1.00. The van der Waals surface area contributed by atoms with Gasteiger partial charge in [0.25, 0.3) is 0 Å². The molecule has 0 saturated heterocycles. The molecule has 0 saturated carbocycles. The van der Waals surface area contributed by atoms with Gasteiger partial charge >= 0.3 is 5.63 Å². The number of alkyl halides is 1. The lowest BCUT2D eigenvalue weighted by Gasteiger charge is -2.03. The quantitative estimate of drug-likeness (QED) is 0.648. The smallest absolute Gasteiger partial charge is 0.336 e. The molecule has 2 aromatic rings. The van der Waals surface area contributed by atoms with E-state index in [1.54, 1.807) is 6.07 Å². The van der Waals surface area contributed by atoms with Crippen molar-refractivity contribution in [3.05, 3.63) is 38.7 Å². The van der Waals surface area contributed by atoms with Crippen molar-refractivity contribution in [2.45, 2.75) is 5.88 Å². The van der Waals surface area contributed by atoms with Crippen molar-refractivity contribution in [2.24, 2.45) is 0 Å². The van der Waals surface area contributed by atoms with Crippen molar-refractivity contribution in [3.8, 4) is 5.75 Å². The van der Waals surface area contributed by atoms with Crippen LogP contribution in [0.15, 0.2) is 31.9 Å². The first-order chi connectivity index (χ1) is 7.11. The zero-order valence-corrected chi connectivity index (χ0v) is 9.80. The van der Waals surface area contributed by atoms with Crippen LogP contribution in [0.5, 0.6) is 5.75 Å². The van der Waals surface area contributed by atoms with E-state index >= 15 is 0 Å². The highest BCUT2D eigenvalue weighted by molar-refractivity contribution is 9.10. The predicted octanol–water partition coefficient (Wildman–Crippen LogP) is 3.00. The van der Waals surface area contributed by atoms with Crippen molar-refractivity contribution in [2.75, 3.05) is 0 Å². The molecule has 0 spiro atoms. The van der Waals surface area contributed by atoms with Gasteiger partial charge in [-0.1, -0.05) is 0 Å². The third kappa shape index (κ3) is 1.87. The molecule has 1 aromatic heterocycles. The Kier molecular flexibility index (Phi) is 2.71. The number of phenols is 1. The highest BCUT2D eigenvalue weighted by Gasteiger charge is 2.08. The maximum atomic E-state index is 11.1. The van der Waals surface area contributed by atoms with E-state index in [1.165, 1.54) is 12.1 Å². The summed E-state index contributed by atoms with van der Waals surface area (Å²) < 4.78 is 5.48. The number of phenolic OH excluding ortho intramolecular Hbond substituents is 1. The number of rotatable bonds is 1. The van der Waals surface area contributed by atoms with Gasteiger partial charge in [-0.15, -0.1) is 11.6 Å². The molecule has 0 amide bonds. The Morgan fingerprint density at radius 2 is 2.13 bits per heavy atom. The van der Waals surface area contributed by atoms with Gasteiger partial charge in [-0.05, 0) is 27.6 Å². The van der Waals surface area contributed by atoms with E-state index in [0.717, 1.165) is 0 Å². The summed E-state index contributed by atoms with van der Waals surface area (Å²) in [4.78, 5) is 11.1. The van der Waals surface area contributed by atoms with Gasteiger partial charge in [-0.2, -0.15) is 0 Å². The van der Waals surface area contributed by atoms with Gasteiger partial charge in [-0.3, -0.25) is 0 Å². The maximum absolute atomic E-state index is 11.1. The molecule has 0 radical (unpaired) electrons. The normalized spacial score (nSPS) is 10.8. The van der Waals surface area contributed by atoms with Crippen LogP contribution in [0.4, 0.5) is 0 Å². The molecule has 1 heterocycles. The minimum atomic E-state index is -0.472. The number of fused-ring (bicyclic) bond motifs is 1. The first-order valence-electron chi connectivity index (χ1n) is 4.13. The molecule has 0 fully saturated rings. The lowest BCUT2D eigenvalue weighted by molar-refractivity contribution is 0.469. The van der Waals surface area contributed by atoms with Crippen LogP contribution in [0, 0.1) is 0 Å². The summed E-state index contributed by atoms with van der Waals surface area (Å²) in [5, 5.41) is 10.1. The Morgan fingerprint density at radius 1 is 1.40 bits per heavy atom. The highest BCUT2D eigenvalue weighted by Crippen LogP contribution is 2.30. The molecule has 15 heavy (non-hydrogen) atoms. The average Bonchev–Trinajstić information content (AvgIpc) is 2.19. The third-order valence-corrected chi connectivity index (χ3v) is 2.96. The van der Waals surface area contributed by atoms with Crippen molar-refractivity contribution in [3.63, 3.8) is 0 Å². The first kappa shape index (κ1) is 10.5. The third-order valence-electron chi connectivity index (χ3n) is 2.04. The molecule has 1 aromatic carbocycles. The summed E-state index contributed by atoms with van der Waals surface area (Å²) in [7, 11) is 0. The lowest BCUT2D eigenvalue weighted by Crippen LogP contribution is -1.99. The van der Waals surface area contributed by atoms with Crippen LogP contribution in [-0.2, 0) is 5.88 Å². The summed E-state index contributed by atoms with van der Waals surface area (Å²) in [6.07, 6.45) is 0. The molecule has 78 valence electrons. The number of hydrogen-bond acceptors (Lipinski definition) is 3. The molecule has 0 aliphatic carbocycles. The van der Waals surface area contributed by atoms with Gasteiger partial charge in [0.05, 0.1) is 4.47 Å². The molecule has 2 rings (SSSR count). The molecule has 3 nitrogen and oxygen atoms in total. The molecule has 0 aliphatic rings. The van der Waals surface area contributed by atoms with Gasteiger partial charge < -0.3 is 9.52 Å². The van der Waals surface area contributed by atoms with Crippen LogP contribution in [0.1, 0.15) is 5.56 Å². The zero-order valence-electron chi connectivity index (χ0n) is 7.46. The van der Waals surface area contributed by atoms with Gasteiger partial charge in [0, 0.05) is 23.4 Å². The summed E-state index contributed by atoms with van der Waals surface area (Å²) in [5.41, 5.74) is 0.544. The fraction of sp³-hybridized carbons (Fsp3) is 0.100. The second kappa shape index (κ2) is 3.87. The second-order valence-corrected chi connectivity index (χ2v) is 4.15. The van der Waals surface area contributed by atoms with Crippen molar-refractivity contribution in [1.82, 2.24) is 0 Å². The Bertz CT molecular complexity index is 577. The molecule has 0 atom stereocenters. The SMILES string of the molecule is O=c1cc(CCl)c2cc(Br)c(O)cc2o1. The number of aromatic hydroxyl groups is 1. The first-order valence-corrected chi connectivity index (χ1v) is 5.46. The van der Waals surface area contributed by atoms with E-state index in [0.29, 0.717) is 21.0 Å². The van der Waals surface area contributed by atoms with Crippen molar-refractivity contribution >= 4 is 38.5 Å². The van der Waals surface area contributed by atoms with E-state index in [9.17, 15) is 9.90 Å². The standard InChI is InChI=1S/C10H6BrClO3/c11-7-2-6-5(4-12)1-10(14)15-9(6)3-8(7)13/h1-3,13H,4H2. The van der Waals surface area contributed by atoms with E-state index in [-0.39, 0.29) is 11.6 Å². The maximum Gasteiger partial charge on any atom is 0.336 e. The molecule has 1 N–H and O–H groups in total. The summed E-state index contributed by atoms with van der Waals surface area (Å²) in [5.74, 6) is 0.247. The monoisotopic (exact) mass is 288 g/mol. The molecular weight excluding hydrogens is 283 g/mol. The summed E-state index contributed by atoms with van der Waals surface area (Å²) >= 11 is 8.90. The predicted molar refractivity (Wildman–Crippen MR) is 61.4 cm³/mol. The topological polar surface area (TPSA) is 50.4 Å². The number of hydrogen-bond donors (Lipinski definition) is 1. The van der Waals surface area contributed by atoms with Crippen LogP contribution >= 0.6 is 27.5 Å². The highest BCUT2D eigenvalue weighted by atomic mass is 79.9. The number of benzene rings is 1. The van der Waals surface area contributed by atoms with Crippen molar-refractivity contribution < 1.29 is 9.52 Å². The van der Waals surface area contributed by atoms with Crippen LogP contribution < -0.4 is 5.63 Å². The largest absolute Gasteiger partial charge is 0.507 e. The van der Waals surface area contributed by atoms with E-state index in [4.69, 9.17) is 16.0 Å². The Labute approximate surface area is 98.4 Å². The van der Waals surface area contributed by atoms with Crippen LogP contribution in [0.3, 0.4) is 0 Å². The van der Waals surface area contributed by atoms with Gasteiger partial charge in [0.15, 0.2) is 0 Å². The molecular formula is C10H6BrClO3. The van der Waals surface area contributed by atoms with E-state index in [2.05, 4.69) is 15.9 Å². The average molecular weight is 290 g/mol. The summed E-state index contributed by atoms with van der Waals surface area (Å²) in [6.45, 7) is 0. The fourth-order valence-corrected chi connectivity index (χ4v) is 1.91. The van der Waals surface area contributed by atoms with Crippen molar-refractivity contribution in [1.29, 1.82) is 0 Å².